The van der Waals surface area contributed by atoms with Crippen LogP contribution in [0.4, 0.5) is 5.69 Å². The van der Waals surface area contributed by atoms with Crippen LogP contribution >= 0.6 is 23.8 Å². The van der Waals surface area contributed by atoms with Crippen LogP contribution in [-0.2, 0) is 0 Å². The smallest absolute Gasteiger partial charge is 0.261 e. The summed E-state index contributed by atoms with van der Waals surface area (Å²) in [6, 6.07) is 18.4. The molecular weight excluding hydrogens is 356 g/mol. The Morgan fingerprint density at radius 1 is 1.04 bits per heavy atom. The molecule has 0 radical (unpaired) electrons. The molecule has 0 fully saturated rings. The molecule has 0 aromatic heterocycles. The van der Waals surface area contributed by atoms with E-state index in [2.05, 4.69) is 10.6 Å². The molecule has 0 saturated heterocycles. The molecule has 0 atom stereocenters. The highest BCUT2D eigenvalue weighted by molar-refractivity contribution is 7.80. The van der Waals surface area contributed by atoms with Gasteiger partial charge in [0.05, 0.1) is 12.7 Å². The first kappa shape index (κ1) is 17.2. The predicted octanol–water partition coefficient (Wildman–Crippen LogP) is 4.63. The van der Waals surface area contributed by atoms with Crippen LogP contribution in [0, 0.1) is 0 Å². The fraction of sp³-hybridized carbons (Fsp3) is 0.0526. The van der Waals surface area contributed by atoms with E-state index in [4.69, 9.17) is 28.6 Å². The maximum absolute atomic E-state index is 12.6. The second-order valence-electron chi connectivity index (χ2n) is 5.32. The first-order valence-electron chi connectivity index (χ1n) is 7.51. The van der Waals surface area contributed by atoms with Gasteiger partial charge in [-0.15, -0.1) is 0 Å². The minimum Gasteiger partial charge on any atom is -0.496 e. The molecule has 0 saturated carbocycles. The number of rotatable bonds is 3. The molecular formula is C19H15ClN2O2S. The van der Waals surface area contributed by atoms with Crippen LogP contribution in [0.5, 0.6) is 5.75 Å². The average molecular weight is 371 g/mol. The van der Waals surface area contributed by atoms with Crippen molar-refractivity contribution in [1.82, 2.24) is 5.32 Å². The zero-order valence-electron chi connectivity index (χ0n) is 13.4. The van der Waals surface area contributed by atoms with Gasteiger partial charge in [-0.05, 0) is 53.3 Å². The van der Waals surface area contributed by atoms with Gasteiger partial charge in [0.2, 0.25) is 0 Å². The first-order chi connectivity index (χ1) is 12.1. The molecule has 0 aliphatic heterocycles. The Bertz CT molecular complexity index is 959. The molecule has 0 spiro atoms. The molecule has 3 aromatic rings. The largest absolute Gasteiger partial charge is 0.496 e. The Labute approximate surface area is 155 Å². The van der Waals surface area contributed by atoms with Crippen molar-refractivity contribution >= 4 is 51.3 Å². The quantitative estimate of drug-likeness (QED) is 0.660. The number of carbonyl (C=O) groups is 1. The van der Waals surface area contributed by atoms with Crippen molar-refractivity contribution in [2.24, 2.45) is 0 Å². The van der Waals surface area contributed by atoms with Gasteiger partial charge in [-0.3, -0.25) is 10.1 Å². The number of fused-ring (bicyclic) bond motifs is 1. The molecule has 6 heteroatoms. The lowest BCUT2D eigenvalue weighted by molar-refractivity contribution is 0.0975. The standard InChI is InChI=1S/C19H15ClN2O2S/c1-24-17-10-13-6-3-2-5-12(13)9-16(17)18(23)22-19(25)21-15-8-4-7-14(20)11-15/h2-11H,1H3,(H2,21,22,23,25). The summed E-state index contributed by atoms with van der Waals surface area (Å²) in [5.41, 5.74) is 1.11. The summed E-state index contributed by atoms with van der Waals surface area (Å²) in [6.45, 7) is 0. The first-order valence-corrected chi connectivity index (χ1v) is 8.30. The number of halogens is 1. The molecule has 3 rings (SSSR count). The molecule has 0 heterocycles. The lowest BCUT2D eigenvalue weighted by Crippen LogP contribution is -2.34. The fourth-order valence-corrected chi connectivity index (χ4v) is 2.87. The molecule has 4 nitrogen and oxygen atoms in total. The number of carbonyl (C=O) groups excluding carboxylic acids is 1. The molecule has 3 aromatic carbocycles. The summed E-state index contributed by atoms with van der Waals surface area (Å²) in [7, 11) is 1.53. The normalized spacial score (nSPS) is 10.3. The lowest BCUT2D eigenvalue weighted by Gasteiger charge is -2.13. The summed E-state index contributed by atoms with van der Waals surface area (Å²) in [5.74, 6) is 0.142. The summed E-state index contributed by atoms with van der Waals surface area (Å²) < 4.78 is 5.35. The van der Waals surface area contributed by atoms with E-state index in [-0.39, 0.29) is 11.0 Å². The number of amides is 1. The summed E-state index contributed by atoms with van der Waals surface area (Å²) >= 11 is 11.1. The zero-order valence-corrected chi connectivity index (χ0v) is 14.9. The maximum atomic E-state index is 12.6. The minimum absolute atomic E-state index is 0.183. The van der Waals surface area contributed by atoms with Crippen LogP contribution in [-0.4, -0.2) is 18.1 Å². The topological polar surface area (TPSA) is 50.4 Å². The zero-order chi connectivity index (χ0) is 17.8. The van der Waals surface area contributed by atoms with Gasteiger partial charge < -0.3 is 10.1 Å². The van der Waals surface area contributed by atoms with Crippen LogP contribution in [0.2, 0.25) is 5.02 Å². The van der Waals surface area contributed by atoms with E-state index in [0.29, 0.717) is 22.0 Å². The second-order valence-corrected chi connectivity index (χ2v) is 6.16. The van der Waals surface area contributed by atoms with E-state index in [9.17, 15) is 4.79 Å². The number of hydrogen-bond acceptors (Lipinski definition) is 3. The number of benzene rings is 3. The van der Waals surface area contributed by atoms with Crippen LogP contribution < -0.4 is 15.4 Å². The molecule has 126 valence electrons. The van der Waals surface area contributed by atoms with E-state index in [1.807, 2.05) is 30.3 Å². The van der Waals surface area contributed by atoms with Crippen molar-refractivity contribution in [3.05, 3.63) is 71.2 Å². The maximum Gasteiger partial charge on any atom is 0.261 e. The van der Waals surface area contributed by atoms with Crippen LogP contribution in [0.1, 0.15) is 10.4 Å². The van der Waals surface area contributed by atoms with Gasteiger partial charge in [0.15, 0.2) is 5.11 Å². The van der Waals surface area contributed by atoms with Crippen LogP contribution in [0.3, 0.4) is 0 Å². The molecule has 1 amide bonds. The highest BCUT2D eigenvalue weighted by atomic mass is 35.5. The van der Waals surface area contributed by atoms with E-state index in [0.717, 1.165) is 10.8 Å². The summed E-state index contributed by atoms with van der Waals surface area (Å²) in [5, 5.41) is 8.30. The summed E-state index contributed by atoms with van der Waals surface area (Å²) in [4.78, 5) is 12.6. The van der Waals surface area contributed by atoms with Crippen molar-refractivity contribution < 1.29 is 9.53 Å². The van der Waals surface area contributed by atoms with Gasteiger partial charge in [-0.1, -0.05) is 41.9 Å². The van der Waals surface area contributed by atoms with Crippen LogP contribution in [0.25, 0.3) is 10.8 Å². The minimum atomic E-state index is -0.345. The van der Waals surface area contributed by atoms with Gasteiger partial charge in [-0.25, -0.2) is 0 Å². The highest BCUT2D eigenvalue weighted by Crippen LogP contribution is 2.26. The Balaban J connectivity index is 1.80. The number of anilines is 1. The van der Waals surface area contributed by atoms with Crippen molar-refractivity contribution in [1.29, 1.82) is 0 Å². The van der Waals surface area contributed by atoms with E-state index < -0.39 is 0 Å². The molecule has 2 N–H and O–H groups in total. The third-order valence-corrected chi connectivity index (χ3v) is 4.06. The van der Waals surface area contributed by atoms with Crippen molar-refractivity contribution in [2.75, 3.05) is 12.4 Å². The fourth-order valence-electron chi connectivity index (χ4n) is 2.46. The number of hydrogen-bond donors (Lipinski definition) is 2. The number of methoxy groups -OCH3 is 1. The lowest BCUT2D eigenvalue weighted by atomic mass is 10.1. The van der Waals surface area contributed by atoms with Gasteiger partial charge in [0.1, 0.15) is 5.75 Å². The Morgan fingerprint density at radius 2 is 1.76 bits per heavy atom. The monoisotopic (exact) mass is 370 g/mol. The highest BCUT2D eigenvalue weighted by Gasteiger charge is 2.15. The molecule has 0 unspecified atom stereocenters. The van der Waals surface area contributed by atoms with E-state index in [1.54, 1.807) is 30.3 Å². The van der Waals surface area contributed by atoms with Crippen molar-refractivity contribution in [3.63, 3.8) is 0 Å². The molecule has 0 aliphatic carbocycles. The molecule has 25 heavy (non-hydrogen) atoms. The Kier molecular flexibility index (Phi) is 5.16. The molecule has 0 bridgehead atoms. The SMILES string of the molecule is COc1cc2ccccc2cc1C(=O)NC(=S)Nc1cccc(Cl)c1. The number of thiocarbonyl (C=S) groups is 1. The Hall–Kier alpha value is -2.63. The van der Waals surface area contributed by atoms with Gasteiger partial charge in [-0.2, -0.15) is 0 Å². The number of nitrogens with one attached hydrogen (secondary N) is 2. The number of ether oxygens (including phenoxy) is 1. The van der Waals surface area contributed by atoms with Crippen LogP contribution in [0.15, 0.2) is 60.7 Å². The third-order valence-electron chi connectivity index (χ3n) is 3.62. The van der Waals surface area contributed by atoms with Crippen molar-refractivity contribution in [3.8, 4) is 5.75 Å². The molecule has 0 aliphatic rings. The van der Waals surface area contributed by atoms with E-state index >= 15 is 0 Å². The van der Waals surface area contributed by atoms with Gasteiger partial charge in [0, 0.05) is 10.7 Å². The predicted molar refractivity (Wildman–Crippen MR) is 106 cm³/mol. The summed E-state index contributed by atoms with van der Waals surface area (Å²) in [6.07, 6.45) is 0. The third kappa shape index (κ3) is 4.07. The second kappa shape index (κ2) is 7.51. The Morgan fingerprint density at radius 3 is 2.44 bits per heavy atom. The van der Waals surface area contributed by atoms with E-state index in [1.165, 1.54) is 7.11 Å². The van der Waals surface area contributed by atoms with Gasteiger partial charge in [0.25, 0.3) is 5.91 Å². The van der Waals surface area contributed by atoms with Crippen molar-refractivity contribution in [2.45, 2.75) is 0 Å². The average Bonchev–Trinajstić information content (AvgIpc) is 2.60. The van der Waals surface area contributed by atoms with Gasteiger partial charge >= 0.3 is 0 Å².